The Kier molecular flexibility index (Phi) is 6.64. The van der Waals surface area contributed by atoms with Gasteiger partial charge in [-0.05, 0) is 18.8 Å². The fourth-order valence-corrected chi connectivity index (χ4v) is 3.33. The minimum Gasteiger partial charge on any atom is -0.480 e. The van der Waals surface area contributed by atoms with Crippen LogP contribution in [-0.2, 0) is 21.2 Å². The number of hydrogen-bond acceptors (Lipinski definition) is 5. The maximum Gasteiger partial charge on any atom is 0.321 e. The number of hydrogen-bond donors (Lipinski definition) is 2. The van der Waals surface area contributed by atoms with Crippen molar-refractivity contribution in [2.45, 2.75) is 32.7 Å². The summed E-state index contributed by atoms with van der Waals surface area (Å²) in [5.41, 5.74) is 0.137. The third-order valence-electron chi connectivity index (χ3n) is 3.16. The third kappa shape index (κ3) is 6.33. The van der Waals surface area contributed by atoms with E-state index in [-0.39, 0.29) is 24.4 Å². The van der Waals surface area contributed by atoms with Crippen molar-refractivity contribution in [1.82, 2.24) is 4.72 Å². The molecule has 0 bridgehead atoms. The van der Waals surface area contributed by atoms with Crippen LogP contribution in [0.15, 0.2) is 24.3 Å². The molecule has 0 aliphatic carbocycles. The average molecular weight is 344 g/mol. The topological polar surface area (TPSA) is 127 Å². The number of para-hydroxylation sites is 1. The van der Waals surface area contributed by atoms with Gasteiger partial charge >= 0.3 is 5.97 Å². The van der Waals surface area contributed by atoms with Gasteiger partial charge in [-0.25, -0.2) is 13.1 Å². The molecule has 0 aliphatic heterocycles. The normalized spacial score (nSPS) is 13.0. The number of nitro benzene ring substituents is 1. The van der Waals surface area contributed by atoms with Crippen LogP contribution >= 0.6 is 0 Å². The predicted molar refractivity (Wildman–Crippen MR) is 84.6 cm³/mol. The first kappa shape index (κ1) is 19.0. The zero-order valence-corrected chi connectivity index (χ0v) is 13.7. The molecule has 2 N–H and O–H groups in total. The summed E-state index contributed by atoms with van der Waals surface area (Å²) in [7, 11) is -3.87. The van der Waals surface area contributed by atoms with Crippen LogP contribution in [0.4, 0.5) is 5.69 Å². The van der Waals surface area contributed by atoms with Crippen molar-refractivity contribution >= 4 is 21.7 Å². The number of rotatable bonds is 9. The molecular formula is C14H20N2O6S. The molecule has 0 saturated heterocycles. The van der Waals surface area contributed by atoms with Crippen LogP contribution < -0.4 is 4.72 Å². The van der Waals surface area contributed by atoms with Crippen molar-refractivity contribution in [2.75, 3.05) is 5.75 Å². The average Bonchev–Trinajstić information content (AvgIpc) is 2.44. The van der Waals surface area contributed by atoms with Crippen molar-refractivity contribution in [3.63, 3.8) is 0 Å². The zero-order valence-electron chi connectivity index (χ0n) is 12.9. The number of benzene rings is 1. The Morgan fingerprint density at radius 3 is 2.48 bits per heavy atom. The molecule has 8 nitrogen and oxygen atoms in total. The summed E-state index contributed by atoms with van der Waals surface area (Å²) in [6, 6.07) is 4.66. The molecule has 1 aromatic rings. The second-order valence-electron chi connectivity index (χ2n) is 5.59. The van der Waals surface area contributed by atoms with Gasteiger partial charge in [0.2, 0.25) is 10.0 Å². The summed E-state index contributed by atoms with van der Waals surface area (Å²) in [5.74, 6) is -1.65. The van der Waals surface area contributed by atoms with Gasteiger partial charge in [0.1, 0.15) is 6.04 Å². The summed E-state index contributed by atoms with van der Waals surface area (Å²) in [5, 5.41) is 20.0. The molecule has 9 heteroatoms. The van der Waals surface area contributed by atoms with E-state index >= 15 is 0 Å². The number of aryl methyl sites for hydroxylation is 1. The van der Waals surface area contributed by atoms with Gasteiger partial charge in [0, 0.05) is 11.6 Å². The van der Waals surface area contributed by atoms with Gasteiger partial charge in [-0.15, -0.1) is 0 Å². The van der Waals surface area contributed by atoms with Crippen LogP contribution in [0.1, 0.15) is 25.8 Å². The van der Waals surface area contributed by atoms with Crippen molar-refractivity contribution in [2.24, 2.45) is 5.92 Å². The molecule has 0 amide bonds. The lowest BCUT2D eigenvalue weighted by Crippen LogP contribution is -2.42. The van der Waals surface area contributed by atoms with E-state index in [0.29, 0.717) is 5.56 Å². The number of carboxylic acid groups (broad SMARTS) is 1. The van der Waals surface area contributed by atoms with Crippen LogP contribution in [0, 0.1) is 16.0 Å². The Morgan fingerprint density at radius 2 is 1.96 bits per heavy atom. The summed E-state index contributed by atoms with van der Waals surface area (Å²) >= 11 is 0. The highest BCUT2D eigenvalue weighted by atomic mass is 32.2. The van der Waals surface area contributed by atoms with Gasteiger partial charge in [0.15, 0.2) is 0 Å². The molecule has 0 fully saturated rings. The Morgan fingerprint density at radius 1 is 1.35 bits per heavy atom. The fraction of sp³-hybridized carbons (Fsp3) is 0.500. The number of aliphatic carboxylic acids is 1. The first-order valence-electron chi connectivity index (χ1n) is 7.07. The van der Waals surface area contributed by atoms with Crippen molar-refractivity contribution in [3.05, 3.63) is 39.9 Å². The lowest BCUT2D eigenvalue weighted by Gasteiger charge is -2.16. The van der Waals surface area contributed by atoms with Gasteiger partial charge in [-0.2, -0.15) is 0 Å². The van der Waals surface area contributed by atoms with Gasteiger partial charge in [0.25, 0.3) is 5.69 Å². The highest BCUT2D eigenvalue weighted by Crippen LogP contribution is 2.18. The molecule has 23 heavy (non-hydrogen) atoms. The number of nitrogens with one attached hydrogen (secondary N) is 1. The van der Waals surface area contributed by atoms with Crippen LogP contribution in [0.5, 0.6) is 0 Å². The number of carbonyl (C=O) groups is 1. The minimum atomic E-state index is -3.87. The molecule has 0 saturated carbocycles. The van der Waals surface area contributed by atoms with E-state index in [4.69, 9.17) is 5.11 Å². The van der Waals surface area contributed by atoms with Crippen LogP contribution in [0.3, 0.4) is 0 Å². The Labute approximate surface area is 134 Å². The summed E-state index contributed by atoms with van der Waals surface area (Å²) in [6.07, 6.45) is 0.0978. The number of nitrogens with zero attached hydrogens (tertiary/aromatic N) is 1. The Bertz CT molecular complexity index is 672. The quantitative estimate of drug-likeness (QED) is 0.517. The van der Waals surface area contributed by atoms with Crippen molar-refractivity contribution < 1.29 is 23.2 Å². The lowest BCUT2D eigenvalue weighted by atomic mass is 10.1. The van der Waals surface area contributed by atoms with Gasteiger partial charge in [-0.3, -0.25) is 14.9 Å². The van der Waals surface area contributed by atoms with Crippen LogP contribution in [0.2, 0.25) is 0 Å². The van der Waals surface area contributed by atoms with E-state index < -0.39 is 32.7 Å². The van der Waals surface area contributed by atoms with E-state index in [1.54, 1.807) is 19.9 Å². The number of sulfonamides is 1. The van der Waals surface area contributed by atoms with Gasteiger partial charge in [0.05, 0.1) is 10.7 Å². The molecule has 1 aromatic carbocycles. The molecule has 1 unspecified atom stereocenters. The maximum atomic E-state index is 12.0. The van der Waals surface area contributed by atoms with Crippen LogP contribution in [-0.4, -0.2) is 36.2 Å². The lowest BCUT2D eigenvalue weighted by molar-refractivity contribution is -0.385. The number of carboxylic acids is 1. The smallest absolute Gasteiger partial charge is 0.321 e. The van der Waals surface area contributed by atoms with E-state index in [1.807, 2.05) is 0 Å². The van der Waals surface area contributed by atoms with E-state index in [2.05, 4.69) is 4.72 Å². The largest absolute Gasteiger partial charge is 0.480 e. The van der Waals surface area contributed by atoms with E-state index in [0.717, 1.165) is 0 Å². The maximum absolute atomic E-state index is 12.0. The zero-order chi connectivity index (χ0) is 17.6. The third-order valence-corrected chi connectivity index (χ3v) is 4.54. The molecule has 0 aliphatic rings. The van der Waals surface area contributed by atoms with Gasteiger partial charge < -0.3 is 5.11 Å². The molecule has 0 radical (unpaired) electrons. The molecule has 0 heterocycles. The van der Waals surface area contributed by atoms with E-state index in [1.165, 1.54) is 18.2 Å². The standard InChI is InChI=1S/C14H20N2O6S/c1-10(2)9-12(14(17)18)15-23(21,22)8-7-11-5-3-4-6-13(11)16(19)20/h3-6,10,12,15H,7-9H2,1-2H3,(H,17,18). The van der Waals surface area contributed by atoms with Gasteiger partial charge in [-0.1, -0.05) is 32.0 Å². The summed E-state index contributed by atoms with van der Waals surface area (Å²) in [4.78, 5) is 21.4. The Hall–Kier alpha value is -2.00. The summed E-state index contributed by atoms with van der Waals surface area (Å²) in [6.45, 7) is 3.58. The fourth-order valence-electron chi connectivity index (χ4n) is 2.09. The molecule has 1 atom stereocenters. The van der Waals surface area contributed by atoms with E-state index in [9.17, 15) is 23.3 Å². The first-order chi connectivity index (χ1) is 10.6. The molecule has 0 spiro atoms. The SMILES string of the molecule is CC(C)CC(NS(=O)(=O)CCc1ccccc1[N+](=O)[O-])C(=O)O. The van der Waals surface area contributed by atoms with Crippen molar-refractivity contribution in [3.8, 4) is 0 Å². The van der Waals surface area contributed by atoms with Crippen LogP contribution in [0.25, 0.3) is 0 Å². The molecule has 128 valence electrons. The molecule has 0 aromatic heterocycles. The first-order valence-corrected chi connectivity index (χ1v) is 8.72. The highest BCUT2D eigenvalue weighted by molar-refractivity contribution is 7.89. The highest BCUT2D eigenvalue weighted by Gasteiger charge is 2.25. The minimum absolute atomic E-state index is 0.00834. The molecular weight excluding hydrogens is 324 g/mol. The van der Waals surface area contributed by atoms with Crippen molar-refractivity contribution in [1.29, 1.82) is 0 Å². The monoisotopic (exact) mass is 344 g/mol. The second-order valence-corrected chi connectivity index (χ2v) is 7.47. The predicted octanol–water partition coefficient (Wildman–Crippen LogP) is 1.56. The second kappa shape index (κ2) is 8.02. The summed E-state index contributed by atoms with van der Waals surface area (Å²) < 4.78 is 26.2. The molecule has 1 rings (SSSR count). The Balaban J connectivity index is 2.79. The number of nitro groups is 1.